The van der Waals surface area contributed by atoms with Crippen molar-refractivity contribution in [2.45, 2.75) is 64.0 Å². The molecule has 1 atom stereocenters. The maximum absolute atomic E-state index is 2.66. The van der Waals surface area contributed by atoms with Gasteiger partial charge in [0, 0.05) is 16.7 Å². The third kappa shape index (κ3) is 5.43. The molecule has 9 aromatic rings. The zero-order valence-electron chi connectivity index (χ0n) is 38.2. The lowest BCUT2D eigenvalue weighted by Crippen LogP contribution is -2.49. The van der Waals surface area contributed by atoms with Gasteiger partial charge in [0.05, 0.1) is 0 Å². The predicted molar refractivity (Wildman–Crippen MR) is 280 cm³/mol. The molecule has 0 bridgehead atoms. The minimum Gasteiger partial charge on any atom is -0.0757 e. The van der Waals surface area contributed by atoms with Gasteiger partial charge < -0.3 is 0 Å². The summed E-state index contributed by atoms with van der Waals surface area (Å²) in [6, 6.07) is 67.4. The maximum Gasteiger partial charge on any atom is 0.113 e. The Hall–Kier alpha value is -6.80. The molecule has 1 unspecified atom stereocenters. The van der Waals surface area contributed by atoms with Crippen molar-refractivity contribution >= 4 is 45.6 Å². The molecular formula is C64H52Si. The summed E-state index contributed by atoms with van der Waals surface area (Å²) in [5, 5.41) is 8.45. The smallest absolute Gasteiger partial charge is 0.0757 e. The van der Waals surface area contributed by atoms with Gasteiger partial charge in [0.25, 0.3) is 0 Å². The van der Waals surface area contributed by atoms with E-state index in [0.29, 0.717) is 5.92 Å². The summed E-state index contributed by atoms with van der Waals surface area (Å²) in [6.45, 7) is 14.9. The van der Waals surface area contributed by atoms with Gasteiger partial charge in [-0.15, -0.1) is 0 Å². The maximum atomic E-state index is 2.66. The molecule has 0 nitrogen and oxygen atoms in total. The fourth-order valence-electron chi connectivity index (χ4n) is 12.9. The summed E-state index contributed by atoms with van der Waals surface area (Å²) in [5.41, 5.74) is 23.2. The molecule has 13 rings (SSSR count). The highest BCUT2D eigenvalue weighted by Gasteiger charge is 2.43. The van der Waals surface area contributed by atoms with Crippen LogP contribution in [0.1, 0.15) is 67.9 Å². The highest BCUT2D eigenvalue weighted by atomic mass is 28.3. The van der Waals surface area contributed by atoms with Crippen molar-refractivity contribution in [3.8, 4) is 55.6 Å². The fraction of sp³-hybridized carbons (Fsp3) is 0.156. The third-order valence-electron chi connectivity index (χ3n) is 16.3. The summed E-state index contributed by atoms with van der Waals surface area (Å²) in [6.07, 6.45) is 6.18. The van der Waals surface area contributed by atoms with Crippen molar-refractivity contribution in [2.24, 2.45) is 0 Å². The van der Waals surface area contributed by atoms with Crippen LogP contribution in [-0.4, -0.2) is 8.07 Å². The fourth-order valence-corrected chi connectivity index (χ4v) is 15.9. The van der Waals surface area contributed by atoms with Crippen LogP contribution in [0.25, 0.3) is 82.8 Å². The van der Waals surface area contributed by atoms with E-state index in [9.17, 15) is 0 Å². The SMILES string of the molecule is CC1(C)C2=CC(c3c4ccccc4c(-c4ccc5c(c4)C(C)(C)c4ccccc4-5)c4cc5c(cc34)-c3ccc(-c4ccc(-c6ccccc6)cc4)cc3[Si]5(C)C)=CCC2c2ccccc21. The monoisotopic (exact) mass is 848 g/mol. The van der Waals surface area contributed by atoms with E-state index in [1.54, 1.807) is 5.57 Å². The van der Waals surface area contributed by atoms with Crippen LogP contribution in [0.4, 0.5) is 0 Å². The average molecular weight is 849 g/mol. The van der Waals surface area contributed by atoms with E-state index in [1.165, 1.54) is 121 Å². The second-order valence-corrected chi connectivity index (χ2v) is 25.1. The number of hydrogen-bond donors (Lipinski definition) is 0. The molecule has 0 fully saturated rings. The lowest BCUT2D eigenvalue weighted by molar-refractivity contribution is 0.613. The van der Waals surface area contributed by atoms with Crippen LogP contribution in [0, 0.1) is 0 Å². The number of benzene rings is 9. The van der Waals surface area contributed by atoms with E-state index >= 15 is 0 Å². The van der Waals surface area contributed by atoms with Crippen molar-refractivity contribution in [1.82, 2.24) is 0 Å². The quantitative estimate of drug-likeness (QED) is 0.122. The summed E-state index contributed by atoms with van der Waals surface area (Å²) < 4.78 is 0. The molecule has 1 heterocycles. The second kappa shape index (κ2) is 13.6. The second-order valence-electron chi connectivity index (χ2n) is 20.8. The van der Waals surface area contributed by atoms with Gasteiger partial charge in [-0.1, -0.05) is 222 Å². The molecule has 1 heteroatoms. The van der Waals surface area contributed by atoms with Gasteiger partial charge in [-0.3, -0.25) is 0 Å². The summed E-state index contributed by atoms with van der Waals surface area (Å²) >= 11 is 0. The minimum atomic E-state index is -2.16. The average Bonchev–Trinajstić information content (AvgIpc) is 3.81. The van der Waals surface area contributed by atoms with Gasteiger partial charge in [-0.25, -0.2) is 0 Å². The first-order chi connectivity index (χ1) is 31.5. The van der Waals surface area contributed by atoms with Crippen LogP contribution >= 0.6 is 0 Å². The summed E-state index contributed by atoms with van der Waals surface area (Å²) in [4.78, 5) is 0. The molecule has 0 spiro atoms. The van der Waals surface area contributed by atoms with E-state index < -0.39 is 8.07 Å². The highest BCUT2D eigenvalue weighted by Crippen LogP contribution is 2.56. The first-order valence-corrected chi connectivity index (χ1v) is 26.6. The Balaban J connectivity index is 1.04. The van der Waals surface area contributed by atoms with Crippen LogP contribution in [0.5, 0.6) is 0 Å². The number of hydrogen-bond acceptors (Lipinski definition) is 0. The zero-order valence-corrected chi connectivity index (χ0v) is 39.2. The lowest BCUT2D eigenvalue weighted by atomic mass is 9.75. The van der Waals surface area contributed by atoms with E-state index in [2.05, 4.69) is 229 Å². The topological polar surface area (TPSA) is 0 Å². The highest BCUT2D eigenvalue weighted by molar-refractivity contribution is 7.04. The Morgan fingerprint density at radius 2 is 0.985 bits per heavy atom. The van der Waals surface area contributed by atoms with Crippen LogP contribution in [0.2, 0.25) is 13.1 Å². The van der Waals surface area contributed by atoms with Gasteiger partial charge >= 0.3 is 0 Å². The van der Waals surface area contributed by atoms with Gasteiger partial charge in [0.15, 0.2) is 0 Å². The molecule has 4 aliphatic rings. The Bertz CT molecular complexity index is 3570. The molecule has 0 radical (unpaired) electrons. The standard InChI is InChI=1S/C64H52Si/c1-63(2)55-22-14-12-18-45(55)47-31-29-43(34-57(47)63)61-50-20-10-11-21-51(50)62(44-30-32-48-46-19-13-15-23-56(46)64(3,4)58(48)35-44)54-38-60-52(37-53(54)61)49-33-28-42(36-59(49)65(60,5)6)41-26-24-40(25-27-41)39-16-8-7-9-17-39/h7-30,32-38,47H,31H2,1-6H3. The molecule has 0 saturated carbocycles. The van der Waals surface area contributed by atoms with E-state index in [-0.39, 0.29) is 10.8 Å². The number of rotatable bonds is 4. The number of allylic oxidation sites excluding steroid dienone is 4. The van der Waals surface area contributed by atoms with E-state index in [4.69, 9.17) is 0 Å². The summed E-state index contributed by atoms with van der Waals surface area (Å²) in [7, 11) is -2.16. The largest absolute Gasteiger partial charge is 0.113 e. The molecular weight excluding hydrogens is 797 g/mol. The Morgan fingerprint density at radius 3 is 1.77 bits per heavy atom. The predicted octanol–water partition coefficient (Wildman–Crippen LogP) is 15.9. The Morgan fingerprint density at radius 1 is 0.415 bits per heavy atom. The molecule has 9 aromatic carbocycles. The first kappa shape index (κ1) is 38.6. The molecule has 0 saturated heterocycles. The molecule has 312 valence electrons. The molecule has 0 N–H and O–H groups in total. The first-order valence-electron chi connectivity index (χ1n) is 23.6. The van der Waals surface area contributed by atoms with Crippen LogP contribution < -0.4 is 10.4 Å². The van der Waals surface area contributed by atoms with Crippen molar-refractivity contribution in [2.75, 3.05) is 0 Å². The van der Waals surface area contributed by atoms with Crippen molar-refractivity contribution < 1.29 is 0 Å². The molecule has 65 heavy (non-hydrogen) atoms. The van der Waals surface area contributed by atoms with Crippen LogP contribution in [-0.2, 0) is 10.8 Å². The van der Waals surface area contributed by atoms with E-state index in [1.807, 2.05) is 0 Å². The molecule has 0 amide bonds. The Labute approximate surface area is 384 Å². The van der Waals surface area contributed by atoms with Gasteiger partial charge in [0.2, 0.25) is 0 Å². The van der Waals surface area contributed by atoms with Gasteiger partial charge in [-0.2, -0.15) is 0 Å². The third-order valence-corrected chi connectivity index (χ3v) is 19.8. The van der Waals surface area contributed by atoms with Gasteiger partial charge in [0.1, 0.15) is 8.07 Å². The van der Waals surface area contributed by atoms with E-state index in [0.717, 1.165) is 6.42 Å². The number of fused-ring (bicyclic) bond motifs is 11. The van der Waals surface area contributed by atoms with Crippen LogP contribution in [0.3, 0.4) is 0 Å². The Kier molecular flexibility index (Phi) is 8.09. The molecule has 3 aliphatic carbocycles. The van der Waals surface area contributed by atoms with Crippen LogP contribution in [0.15, 0.2) is 194 Å². The van der Waals surface area contributed by atoms with Crippen molar-refractivity contribution in [3.63, 3.8) is 0 Å². The van der Waals surface area contributed by atoms with Gasteiger partial charge in [-0.05, 0) is 139 Å². The normalized spacial score (nSPS) is 17.7. The summed E-state index contributed by atoms with van der Waals surface area (Å²) in [5.74, 6) is 0.423. The minimum absolute atomic E-state index is 0.0312. The van der Waals surface area contributed by atoms with Crippen molar-refractivity contribution in [3.05, 3.63) is 221 Å². The lowest BCUT2D eigenvalue weighted by Gasteiger charge is -2.29. The zero-order chi connectivity index (χ0) is 44.0. The molecule has 1 aliphatic heterocycles. The molecule has 0 aromatic heterocycles. The van der Waals surface area contributed by atoms with Crippen molar-refractivity contribution in [1.29, 1.82) is 0 Å².